The van der Waals surface area contributed by atoms with E-state index in [2.05, 4.69) is 241 Å². The van der Waals surface area contributed by atoms with E-state index in [0.717, 1.165) is 44.4 Å². The van der Waals surface area contributed by atoms with E-state index in [9.17, 15) is 0 Å². The third-order valence-corrected chi connectivity index (χ3v) is 14.6. The van der Waals surface area contributed by atoms with E-state index in [4.69, 9.17) is 4.42 Å². The number of hydrogen-bond donors (Lipinski definition) is 0. The van der Waals surface area contributed by atoms with Gasteiger partial charge in [0, 0.05) is 37.6 Å². The van der Waals surface area contributed by atoms with Crippen LogP contribution in [0.3, 0.4) is 0 Å². The maximum atomic E-state index is 6.88. The van der Waals surface area contributed by atoms with E-state index in [1.165, 1.54) is 70.4 Å². The van der Waals surface area contributed by atoms with Crippen LogP contribution in [0, 0.1) is 0 Å². The summed E-state index contributed by atoms with van der Waals surface area (Å²) in [6.45, 7) is 0. The van der Waals surface area contributed by atoms with Crippen LogP contribution in [0.15, 0.2) is 241 Å². The maximum absolute atomic E-state index is 6.88. The summed E-state index contributed by atoms with van der Waals surface area (Å²) >= 11 is 1.86. The number of hydrogen-bond acceptors (Lipinski definition) is 3. The van der Waals surface area contributed by atoms with Gasteiger partial charge in [-0.3, -0.25) is 0 Å². The predicted octanol–water partition coefficient (Wildman–Crippen LogP) is 17.1. The summed E-state index contributed by atoms with van der Waals surface area (Å²) in [5.74, 6) is 0. The lowest BCUT2D eigenvalue weighted by molar-refractivity contribution is 0.666. The van der Waals surface area contributed by atoms with Crippen LogP contribution in [0.5, 0.6) is 0 Å². The summed E-state index contributed by atoms with van der Waals surface area (Å²) in [4.78, 5) is 2.40. The maximum Gasteiger partial charge on any atom is 0.136 e. The molecule has 0 saturated carbocycles. The molecule has 0 radical (unpaired) electrons. The number of nitrogens with zero attached hydrogens (tertiary/aromatic N) is 1. The first-order valence-corrected chi connectivity index (χ1v) is 22.7. The van der Waals surface area contributed by atoms with Gasteiger partial charge in [-0.15, -0.1) is 11.3 Å². The fraction of sp³-hybridized carbons (Fsp3) is 0.0164. The minimum absolute atomic E-state index is 0.477. The number of fused-ring (bicyclic) bond motifs is 9. The summed E-state index contributed by atoms with van der Waals surface area (Å²) in [7, 11) is 0. The minimum atomic E-state index is -0.477. The number of rotatable bonds is 7. The highest BCUT2D eigenvalue weighted by Gasteiger charge is 2.46. The zero-order chi connectivity index (χ0) is 42.2. The van der Waals surface area contributed by atoms with Crippen molar-refractivity contribution < 1.29 is 4.42 Å². The molecule has 12 aromatic rings. The Balaban J connectivity index is 0.917. The van der Waals surface area contributed by atoms with Gasteiger partial charge < -0.3 is 9.32 Å². The van der Waals surface area contributed by atoms with E-state index in [-0.39, 0.29) is 0 Å². The smallest absolute Gasteiger partial charge is 0.136 e. The molecule has 0 aliphatic heterocycles. The molecular formula is C61H39NOS. The second kappa shape index (κ2) is 14.6. The lowest BCUT2D eigenvalue weighted by Crippen LogP contribution is -2.28. The van der Waals surface area contributed by atoms with Crippen molar-refractivity contribution in [3.05, 3.63) is 259 Å². The molecule has 0 fully saturated rings. The van der Waals surface area contributed by atoms with Gasteiger partial charge >= 0.3 is 0 Å². The van der Waals surface area contributed by atoms with Gasteiger partial charge in [-0.05, 0) is 116 Å². The summed E-state index contributed by atoms with van der Waals surface area (Å²) in [5.41, 5.74) is 16.9. The molecule has 0 atom stereocenters. The van der Waals surface area contributed by atoms with Gasteiger partial charge in [0.25, 0.3) is 0 Å². The molecule has 2 nitrogen and oxygen atoms in total. The molecule has 64 heavy (non-hydrogen) atoms. The lowest BCUT2D eigenvalue weighted by atomic mass is 9.67. The fourth-order valence-electron chi connectivity index (χ4n) is 10.5. The highest BCUT2D eigenvalue weighted by atomic mass is 32.1. The van der Waals surface area contributed by atoms with E-state index in [1.807, 2.05) is 11.3 Å². The molecule has 10 aromatic carbocycles. The Morgan fingerprint density at radius 3 is 1.64 bits per heavy atom. The Hall–Kier alpha value is -7.98. The topological polar surface area (TPSA) is 16.4 Å². The summed E-state index contributed by atoms with van der Waals surface area (Å²) < 4.78 is 9.45. The van der Waals surface area contributed by atoms with Crippen LogP contribution in [0.25, 0.3) is 75.5 Å². The quantitative estimate of drug-likeness (QED) is 0.159. The van der Waals surface area contributed by atoms with Gasteiger partial charge in [-0.25, -0.2) is 0 Å². The number of furan rings is 1. The fourth-order valence-corrected chi connectivity index (χ4v) is 11.7. The standard InChI is InChI=1S/C61H39NOS/c1-4-15-40(16-5-1)41-27-32-46(33-28-41)62(56-25-14-23-51-50-22-11-13-26-59(50)64-60(51)56)47-34-29-42(30-35-47)43-31-36-49-53-38-52-48-21-10-12-24-54(48)61(44-17-6-2-7-18-44,45-19-8-3-9-20-45)55(52)39-58(53)63-57(49)37-43/h1-39H. The van der Waals surface area contributed by atoms with Crippen LogP contribution < -0.4 is 4.90 Å². The Kier molecular flexibility index (Phi) is 8.34. The van der Waals surface area contributed by atoms with Crippen molar-refractivity contribution in [2.24, 2.45) is 0 Å². The molecule has 0 N–H and O–H groups in total. The molecule has 300 valence electrons. The van der Waals surface area contributed by atoms with Crippen molar-refractivity contribution in [3.63, 3.8) is 0 Å². The second-order valence-electron chi connectivity index (χ2n) is 16.8. The van der Waals surface area contributed by atoms with Crippen LogP contribution in [-0.4, -0.2) is 0 Å². The number of benzene rings is 10. The van der Waals surface area contributed by atoms with Crippen molar-refractivity contribution >= 4 is 70.5 Å². The van der Waals surface area contributed by atoms with Crippen molar-refractivity contribution in [1.29, 1.82) is 0 Å². The van der Waals surface area contributed by atoms with Gasteiger partial charge in [-0.1, -0.05) is 176 Å². The molecule has 0 saturated heterocycles. The molecule has 1 aliphatic carbocycles. The first kappa shape index (κ1) is 36.7. The second-order valence-corrected chi connectivity index (χ2v) is 17.8. The van der Waals surface area contributed by atoms with Crippen LogP contribution in [0.4, 0.5) is 17.1 Å². The average Bonchev–Trinajstić information content (AvgIpc) is 4.03. The van der Waals surface area contributed by atoms with Gasteiger partial charge in [0.05, 0.1) is 15.8 Å². The first-order valence-electron chi connectivity index (χ1n) is 21.9. The van der Waals surface area contributed by atoms with Gasteiger partial charge in [0.15, 0.2) is 0 Å². The van der Waals surface area contributed by atoms with E-state index < -0.39 is 5.41 Å². The van der Waals surface area contributed by atoms with Crippen molar-refractivity contribution in [3.8, 4) is 33.4 Å². The van der Waals surface area contributed by atoms with Gasteiger partial charge in [0.1, 0.15) is 11.2 Å². The Bertz CT molecular complexity index is 3660. The molecule has 13 rings (SSSR count). The van der Waals surface area contributed by atoms with Crippen LogP contribution >= 0.6 is 11.3 Å². The van der Waals surface area contributed by atoms with Crippen LogP contribution in [0.1, 0.15) is 22.3 Å². The zero-order valence-electron chi connectivity index (χ0n) is 34.8. The molecule has 2 aromatic heterocycles. The molecule has 1 aliphatic rings. The molecular weight excluding hydrogens is 795 g/mol. The first-order chi connectivity index (χ1) is 31.7. The normalized spacial score (nSPS) is 12.8. The number of anilines is 3. The third-order valence-electron chi connectivity index (χ3n) is 13.4. The Morgan fingerprint density at radius 1 is 0.359 bits per heavy atom. The molecule has 0 bridgehead atoms. The molecule has 0 spiro atoms. The summed E-state index contributed by atoms with van der Waals surface area (Å²) in [5, 5.41) is 4.82. The van der Waals surface area contributed by atoms with E-state index in [0.29, 0.717) is 0 Å². The highest BCUT2D eigenvalue weighted by molar-refractivity contribution is 7.26. The summed E-state index contributed by atoms with van der Waals surface area (Å²) in [6.07, 6.45) is 0. The summed E-state index contributed by atoms with van der Waals surface area (Å²) in [6, 6.07) is 86.2. The molecule has 2 heterocycles. The van der Waals surface area contributed by atoms with Crippen molar-refractivity contribution in [2.45, 2.75) is 5.41 Å². The molecule has 3 heteroatoms. The third kappa shape index (κ3) is 5.58. The van der Waals surface area contributed by atoms with E-state index in [1.54, 1.807) is 0 Å². The lowest BCUT2D eigenvalue weighted by Gasteiger charge is -2.33. The molecule has 0 unspecified atom stereocenters. The van der Waals surface area contributed by atoms with Crippen molar-refractivity contribution in [2.75, 3.05) is 4.90 Å². The SMILES string of the molecule is c1ccc(-c2ccc(N(c3ccc(-c4ccc5c(c4)oc4cc6c(cc45)-c4ccccc4C6(c4ccccc4)c4ccccc4)cc3)c3cccc4c3sc3ccccc34)cc2)cc1. The largest absolute Gasteiger partial charge is 0.456 e. The van der Waals surface area contributed by atoms with Crippen LogP contribution in [0.2, 0.25) is 0 Å². The van der Waals surface area contributed by atoms with Gasteiger partial charge in [-0.2, -0.15) is 0 Å². The number of thiophene rings is 1. The Morgan fingerprint density at radius 2 is 0.922 bits per heavy atom. The van der Waals surface area contributed by atoms with E-state index >= 15 is 0 Å². The monoisotopic (exact) mass is 833 g/mol. The zero-order valence-corrected chi connectivity index (χ0v) is 35.6. The average molecular weight is 834 g/mol. The van der Waals surface area contributed by atoms with Gasteiger partial charge in [0.2, 0.25) is 0 Å². The predicted molar refractivity (Wildman–Crippen MR) is 269 cm³/mol. The highest BCUT2D eigenvalue weighted by Crippen LogP contribution is 2.57. The van der Waals surface area contributed by atoms with Crippen molar-refractivity contribution in [1.82, 2.24) is 0 Å². The van der Waals surface area contributed by atoms with Crippen LogP contribution in [-0.2, 0) is 5.41 Å². The molecule has 0 amide bonds. The minimum Gasteiger partial charge on any atom is -0.456 e. The Labute approximate surface area is 375 Å².